The molecule has 32 heavy (non-hydrogen) atoms. The predicted molar refractivity (Wildman–Crippen MR) is 127 cm³/mol. The number of oxazole rings is 1. The zero-order valence-corrected chi connectivity index (χ0v) is 19.2. The molecule has 1 atom stereocenters. The Labute approximate surface area is 190 Å². The van der Waals surface area contributed by atoms with Gasteiger partial charge < -0.3 is 19.2 Å². The van der Waals surface area contributed by atoms with Crippen molar-refractivity contribution in [3.8, 4) is 5.75 Å². The minimum absolute atomic E-state index is 0.305. The van der Waals surface area contributed by atoms with Crippen molar-refractivity contribution in [2.24, 2.45) is 0 Å². The number of fused-ring (bicyclic) bond motifs is 1. The molecule has 6 heteroatoms. The molecule has 0 spiro atoms. The molecule has 6 nitrogen and oxygen atoms in total. The van der Waals surface area contributed by atoms with E-state index in [9.17, 15) is 5.11 Å². The Kier molecular flexibility index (Phi) is 7.79. The molecule has 0 bridgehead atoms. The molecule has 0 amide bonds. The van der Waals surface area contributed by atoms with Crippen LogP contribution in [0.1, 0.15) is 43.6 Å². The van der Waals surface area contributed by atoms with Crippen LogP contribution in [0.25, 0.3) is 11.1 Å². The second-order valence-corrected chi connectivity index (χ2v) is 9.09. The highest BCUT2D eigenvalue weighted by Crippen LogP contribution is 2.22. The van der Waals surface area contributed by atoms with Crippen molar-refractivity contribution in [3.05, 3.63) is 60.0 Å². The van der Waals surface area contributed by atoms with Crippen molar-refractivity contribution in [2.45, 2.75) is 57.3 Å². The fourth-order valence-corrected chi connectivity index (χ4v) is 4.57. The van der Waals surface area contributed by atoms with E-state index in [0.717, 1.165) is 29.0 Å². The van der Waals surface area contributed by atoms with Gasteiger partial charge in [-0.1, -0.05) is 43.5 Å². The minimum Gasteiger partial charge on any atom is -0.491 e. The average molecular weight is 438 g/mol. The summed E-state index contributed by atoms with van der Waals surface area (Å²) in [5.74, 6) is 1.50. The standard InChI is InChI=1S/C26H35N3O3/c1-28(18-26-27-24-13-6-7-14-25(24)32-26)16-20-9-8-12-23(15-20)31-19-22(30)17-29(2)21-10-4-3-5-11-21/h6-9,12-15,21-22,30H,3-5,10-11,16-19H2,1-2H3/t22-/m1/s1. The van der Waals surface area contributed by atoms with E-state index in [4.69, 9.17) is 9.15 Å². The third kappa shape index (κ3) is 6.31. The second-order valence-electron chi connectivity index (χ2n) is 9.09. The first-order valence-electron chi connectivity index (χ1n) is 11.7. The van der Waals surface area contributed by atoms with Crippen molar-refractivity contribution in [1.29, 1.82) is 0 Å². The van der Waals surface area contributed by atoms with Gasteiger partial charge in [0.05, 0.1) is 6.54 Å². The molecular formula is C26H35N3O3. The zero-order valence-electron chi connectivity index (χ0n) is 19.2. The number of ether oxygens (including phenoxy) is 1. The number of aliphatic hydroxyl groups is 1. The normalized spacial score (nSPS) is 16.2. The number of para-hydroxylation sites is 2. The van der Waals surface area contributed by atoms with E-state index in [0.29, 0.717) is 31.6 Å². The van der Waals surface area contributed by atoms with E-state index >= 15 is 0 Å². The number of hydrogen-bond acceptors (Lipinski definition) is 6. The molecule has 1 fully saturated rings. The predicted octanol–water partition coefficient (Wildman–Crippen LogP) is 4.46. The summed E-state index contributed by atoms with van der Waals surface area (Å²) in [5.41, 5.74) is 2.85. The van der Waals surface area contributed by atoms with Gasteiger partial charge in [-0.05, 0) is 56.8 Å². The van der Waals surface area contributed by atoms with Gasteiger partial charge in [-0.2, -0.15) is 0 Å². The molecule has 1 heterocycles. The van der Waals surface area contributed by atoms with E-state index in [1.807, 2.05) is 49.5 Å². The first kappa shape index (κ1) is 22.8. The van der Waals surface area contributed by atoms with Gasteiger partial charge >= 0.3 is 0 Å². The number of aliphatic hydroxyl groups excluding tert-OH is 1. The Morgan fingerprint density at radius 3 is 2.69 bits per heavy atom. The van der Waals surface area contributed by atoms with Crippen LogP contribution in [-0.4, -0.2) is 59.3 Å². The number of rotatable bonds is 10. The van der Waals surface area contributed by atoms with E-state index < -0.39 is 6.10 Å². The molecule has 1 aromatic heterocycles. The van der Waals surface area contributed by atoms with Crippen molar-refractivity contribution in [2.75, 3.05) is 27.2 Å². The average Bonchev–Trinajstić information content (AvgIpc) is 3.20. The number of likely N-dealkylation sites (N-methyl/N-ethyl adjacent to an activating group) is 1. The van der Waals surface area contributed by atoms with Crippen LogP contribution in [-0.2, 0) is 13.1 Å². The molecule has 3 aromatic rings. The maximum absolute atomic E-state index is 10.5. The molecular weight excluding hydrogens is 402 g/mol. The number of aromatic nitrogens is 1. The Hall–Kier alpha value is -2.41. The Bertz CT molecular complexity index is 950. The third-order valence-corrected chi connectivity index (χ3v) is 6.23. The number of nitrogens with zero attached hydrogens (tertiary/aromatic N) is 3. The highest BCUT2D eigenvalue weighted by Gasteiger charge is 2.20. The van der Waals surface area contributed by atoms with Gasteiger partial charge in [0, 0.05) is 19.1 Å². The lowest BCUT2D eigenvalue weighted by molar-refractivity contribution is 0.0561. The lowest BCUT2D eigenvalue weighted by atomic mass is 9.94. The maximum Gasteiger partial charge on any atom is 0.209 e. The smallest absolute Gasteiger partial charge is 0.209 e. The Morgan fingerprint density at radius 1 is 1.06 bits per heavy atom. The highest BCUT2D eigenvalue weighted by molar-refractivity contribution is 5.72. The van der Waals surface area contributed by atoms with Crippen molar-refractivity contribution >= 4 is 11.1 Å². The van der Waals surface area contributed by atoms with E-state index in [2.05, 4.69) is 27.9 Å². The fourth-order valence-electron chi connectivity index (χ4n) is 4.57. The molecule has 1 aliphatic carbocycles. The zero-order chi connectivity index (χ0) is 22.3. The SMILES string of the molecule is CN(Cc1cccc(OC[C@H](O)CN(C)C2CCCCC2)c1)Cc1nc2ccccc2o1. The monoisotopic (exact) mass is 437 g/mol. The first-order valence-corrected chi connectivity index (χ1v) is 11.7. The summed E-state index contributed by atoms with van der Waals surface area (Å²) < 4.78 is 11.7. The second kappa shape index (κ2) is 10.9. The number of benzene rings is 2. The highest BCUT2D eigenvalue weighted by atomic mass is 16.5. The quantitative estimate of drug-likeness (QED) is 0.505. The summed E-state index contributed by atoms with van der Waals surface area (Å²) in [6.45, 7) is 2.34. The van der Waals surface area contributed by atoms with Gasteiger partial charge in [0.1, 0.15) is 24.0 Å². The van der Waals surface area contributed by atoms with Crippen LogP contribution in [0, 0.1) is 0 Å². The van der Waals surface area contributed by atoms with Crippen molar-refractivity contribution < 1.29 is 14.3 Å². The van der Waals surface area contributed by atoms with Gasteiger partial charge in [-0.15, -0.1) is 0 Å². The van der Waals surface area contributed by atoms with Crippen LogP contribution in [0.2, 0.25) is 0 Å². The van der Waals surface area contributed by atoms with Crippen LogP contribution in [0.4, 0.5) is 0 Å². The molecule has 4 rings (SSSR count). The summed E-state index contributed by atoms with van der Waals surface area (Å²) in [6.07, 6.45) is 5.93. The van der Waals surface area contributed by atoms with Gasteiger partial charge in [0.15, 0.2) is 5.58 Å². The molecule has 0 saturated heterocycles. The lowest BCUT2D eigenvalue weighted by Gasteiger charge is -2.32. The largest absolute Gasteiger partial charge is 0.491 e. The Morgan fingerprint density at radius 2 is 1.88 bits per heavy atom. The van der Waals surface area contributed by atoms with Gasteiger partial charge in [0.2, 0.25) is 5.89 Å². The Balaban J connectivity index is 1.25. The lowest BCUT2D eigenvalue weighted by Crippen LogP contribution is -2.40. The van der Waals surface area contributed by atoms with Gasteiger partial charge in [-0.25, -0.2) is 4.98 Å². The van der Waals surface area contributed by atoms with Crippen LogP contribution in [0.5, 0.6) is 5.75 Å². The van der Waals surface area contributed by atoms with E-state index in [1.165, 1.54) is 32.1 Å². The number of hydrogen-bond donors (Lipinski definition) is 1. The van der Waals surface area contributed by atoms with E-state index in [1.54, 1.807) is 0 Å². The summed E-state index contributed by atoms with van der Waals surface area (Å²) in [4.78, 5) is 9.01. The van der Waals surface area contributed by atoms with E-state index in [-0.39, 0.29) is 0 Å². The summed E-state index contributed by atoms with van der Waals surface area (Å²) in [6, 6.07) is 16.5. The molecule has 2 aromatic carbocycles. The topological polar surface area (TPSA) is 62.0 Å². The molecule has 172 valence electrons. The summed E-state index contributed by atoms with van der Waals surface area (Å²) >= 11 is 0. The molecule has 0 radical (unpaired) electrons. The van der Waals surface area contributed by atoms with Crippen LogP contribution in [0.3, 0.4) is 0 Å². The van der Waals surface area contributed by atoms with Crippen LogP contribution in [0.15, 0.2) is 52.9 Å². The van der Waals surface area contributed by atoms with Crippen molar-refractivity contribution in [1.82, 2.24) is 14.8 Å². The summed E-state index contributed by atoms with van der Waals surface area (Å²) in [5, 5.41) is 10.5. The van der Waals surface area contributed by atoms with Crippen LogP contribution < -0.4 is 4.74 Å². The van der Waals surface area contributed by atoms with Gasteiger partial charge in [0.25, 0.3) is 0 Å². The molecule has 0 unspecified atom stereocenters. The first-order chi connectivity index (χ1) is 15.6. The van der Waals surface area contributed by atoms with Crippen LogP contribution >= 0.6 is 0 Å². The summed E-state index contributed by atoms with van der Waals surface area (Å²) in [7, 11) is 4.17. The third-order valence-electron chi connectivity index (χ3n) is 6.23. The fraction of sp³-hybridized carbons (Fsp3) is 0.500. The molecule has 1 saturated carbocycles. The molecule has 1 aliphatic rings. The molecule has 0 aliphatic heterocycles. The van der Waals surface area contributed by atoms with Gasteiger partial charge in [-0.3, -0.25) is 4.90 Å². The van der Waals surface area contributed by atoms with Crippen molar-refractivity contribution in [3.63, 3.8) is 0 Å². The minimum atomic E-state index is -0.493. The molecule has 1 N–H and O–H groups in total. The maximum atomic E-state index is 10.5.